The van der Waals surface area contributed by atoms with Crippen molar-refractivity contribution in [3.63, 3.8) is 0 Å². The number of amides is 1. The van der Waals surface area contributed by atoms with Crippen LogP contribution in [0.4, 0.5) is 5.69 Å². The van der Waals surface area contributed by atoms with Crippen LogP contribution in [0.3, 0.4) is 0 Å². The van der Waals surface area contributed by atoms with E-state index in [9.17, 15) is 19.7 Å². The van der Waals surface area contributed by atoms with Crippen molar-refractivity contribution < 1.29 is 24.4 Å². The number of carboxylic acid groups (broad SMARTS) is 1. The molecule has 0 aliphatic carbocycles. The molecule has 1 amide bonds. The van der Waals surface area contributed by atoms with Crippen molar-refractivity contribution in [2.24, 2.45) is 0 Å². The Bertz CT molecular complexity index is 843. The van der Waals surface area contributed by atoms with Crippen molar-refractivity contribution in [3.05, 3.63) is 52.3 Å². The number of aliphatic carboxylic acids is 1. The quantitative estimate of drug-likeness (QED) is 0.530. The summed E-state index contributed by atoms with van der Waals surface area (Å²) >= 11 is 0. The fourth-order valence-electron chi connectivity index (χ4n) is 2.27. The average molecular weight is 376 g/mol. The second-order valence-corrected chi connectivity index (χ2v) is 6.41. The maximum atomic E-state index is 12.6. The Morgan fingerprint density at radius 3 is 2.52 bits per heavy atom. The summed E-state index contributed by atoms with van der Waals surface area (Å²) in [6, 6.07) is 6.31. The third kappa shape index (κ3) is 4.81. The molecule has 1 aromatic carbocycles. The van der Waals surface area contributed by atoms with E-state index in [2.05, 4.69) is 10.4 Å². The minimum atomic E-state index is -1.13. The zero-order valence-electron chi connectivity index (χ0n) is 15.1. The molecule has 1 unspecified atom stereocenters. The Labute approximate surface area is 154 Å². The highest BCUT2D eigenvalue weighted by atomic mass is 16.6. The van der Waals surface area contributed by atoms with E-state index in [0.717, 1.165) is 11.8 Å². The van der Waals surface area contributed by atoms with Crippen LogP contribution in [0.5, 0.6) is 5.75 Å². The first kappa shape index (κ1) is 19.9. The molecule has 2 aromatic rings. The second kappa shape index (κ2) is 7.85. The largest absolute Gasteiger partial charge is 0.482 e. The van der Waals surface area contributed by atoms with Gasteiger partial charge in [0.05, 0.1) is 11.0 Å². The standard InChI is InChI=1S/C17H20N4O6/c1-11(12-4-6-14(7-5-12)27-10-15(22)23)19-16(24)17(2,3)20-9-13(8-18-20)21(25)26/h4-9,11H,10H2,1-3H3,(H,19,24)(H,22,23). The molecular weight excluding hydrogens is 356 g/mol. The van der Waals surface area contributed by atoms with Crippen LogP contribution in [0.15, 0.2) is 36.7 Å². The highest BCUT2D eigenvalue weighted by Gasteiger charge is 2.32. The van der Waals surface area contributed by atoms with Gasteiger partial charge in [-0.1, -0.05) is 12.1 Å². The lowest BCUT2D eigenvalue weighted by molar-refractivity contribution is -0.385. The van der Waals surface area contributed by atoms with E-state index >= 15 is 0 Å². The van der Waals surface area contributed by atoms with Crippen molar-refractivity contribution in [3.8, 4) is 5.75 Å². The van der Waals surface area contributed by atoms with E-state index in [1.165, 1.54) is 10.9 Å². The van der Waals surface area contributed by atoms with Crippen molar-refractivity contribution in [1.29, 1.82) is 0 Å². The molecule has 0 spiro atoms. The molecule has 0 aliphatic heterocycles. The molecule has 0 aliphatic rings. The molecule has 0 saturated heterocycles. The lowest BCUT2D eigenvalue weighted by atomic mass is 10.0. The number of carbonyl (C=O) groups excluding carboxylic acids is 1. The Morgan fingerprint density at radius 2 is 2.00 bits per heavy atom. The SMILES string of the molecule is CC(NC(=O)C(C)(C)n1cc([N+](=O)[O-])cn1)c1ccc(OCC(=O)O)cc1. The van der Waals surface area contributed by atoms with Gasteiger partial charge in [0, 0.05) is 0 Å². The zero-order valence-corrected chi connectivity index (χ0v) is 15.1. The molecule has 1 heterocycles. The van der Waals surface area contributed by atoms with Crippen LogP contribution in [0.2, 0.25) is 0 Å². The first-order valence-corrected chi connectivity index (χ1v) is 8.06. The summed E-state index contributed by atoms with van der Waals surface area (Å²) in [6.45, 7) is 4.56. The minimum Gasteiger partial charge on any atom is -0.482 e. The molecule has 0 radical (unpaired) electrons. The van der Waals surface area contributed by atoms with E-state index in [4.69, 9.17) is 9.84 Å². The summed E-state index contributed by atoms with van der Waals surface area (Å²) in [5.74, 6) is -1.02. The first-order valence-electron chi connectivity index (χ1n) is 8.06. The van der Waals surface area contributed by atoms with E-state index < -0.39 is 23.0 Å². The lowest BCUT2D eigenvalue weighted by Crippen LogP contribution is -2.45. The lowest BCUT2D eigenvalue weighted by Gasteiger charge is -2.26. The van der Waals surface area contributed by atoms with Gasteiger partial charge in [0.1, 0.15) is 23.7 Å². The van der Waals surface area contributed by atoms with Gasteiger partial charge < -0.3 is 15.2 Å². The molecule has 0 bridgehead atoms. The van der Waals surface area contributed by atoms with E-state index in [0.29, 0.717) is 5.75 Å². The monoisotopic (exact) mass is 376 g/mol. The van der Waals surface area contributed by atoms with Crippen molar-refractivity contribution in [1.82, 2.24) is 15.1 Å². The minimum absolute atomic E-state index is 0.194. The predicted molar refractivity (Wildman–Crippen MR) is 94.3 cm³/mol. The highest BCUT2D eigenvalue weighted by molar-refractivity contribution is 5.84. The number of nitrogens with one attached hydrogen (secondary N) is 1. The molecule has 27 heavy (non-hydrogen) atoms. The second-order valence-electron chi connectivity index (χ2n) is 6.41. The van der Waals surface area contributed by atoms with Crippen molar-refractivity contribution in [2.75, 3.05) is 6.61 Å². The Kier molecular flexibility index (Phi) is 5.78. The molecule has 144 valence electrons. The number of benzene rings is 1. The van der Waals surface area contributed by atoms with Crippen molar-refractivity contribution in [2.45, 2.75) is 32.4 Å². The third-order valence-electron chi connectivity index (χ3n) is 4.00. The Hall–Kier alpha value is -3.43. The summed E-state index contributed by atoms with van der Waals surface area (Å²) in [5, 5.41) is 26.1. The number of aromatic nitrogens is 2. The summed E-state index contributed by atoms with van der Waals surface area (Å²) in [7, 11) is 0. The Balaban J connectivity index is 2.04. The summed E-state index contributed by atoms with van der Waals surface area (Å²) < 4.78 is 6.31. The van der Waals surface area contributed by atoms with Crippen LogP contribution in [0.1, 0.15) is 32.4 Å². The van der Waals surface area contributed by atoms with Crippen LogP contribution < -0.4 is 10.1 Å². The highest BCUT2D eigenvalue weighted by Crippen LogP contribution is 2.22. The van der Waals surface area contributed by atoms with Crippen LogP contribution in [-0.4, -0.2) is 38.3 Å². The van der Waals surface area contributed by atoms with Crippen LogP contribution in [-0.2, 0) is 15.1 Å². The van der Waals surface area contributed by atoms with Gasteiger partial charge in [-0.2, -0.15) is 5.10 Å². The molecule has 2 N–H and O–H groups in total. The van der Waals surface area contributed by atoms with Gasteiger partial charge in [-0.15, -0.1) is 0 Å². The van der Waals surface area contributed by atoms with Gasteiger partial charge >= 0.3 is 11.7 Å². The van der Waals surface area contributed by atoms with Gasteiger partial charge in [-0.3, -0.25) is 19.6 Å². The number of nitro groups is 1. The number of hydrogen-bond acceptors (Lipinski definition) is 6. The summed E-state index contributed by atoms with van der Waals surface area (Å²) in [4.78, 5) is 33.4. The fourth-order valence-corrected chi connectivity index (χ4v) is 2.27. The van der Waals surface area contributed by atoms with E-state index in [1.807, 2.05) is 0 Å². The van der Waals surface area contributed by atoms with Crippen LogP contribution in [0, 0.1) is 10.1 Å². The van der Waals surface area contributed by atoms with Crippen LogP contribution >= 0.6 is 0 Å². The number of ether oxygens (including phenoxy) is 1. The van der Waals surface area contributed by atoms with Gasteiger partial charge in [-0.25, -0.2) is 4.79 Å². The number of carboxylic acids is 1. The predicted octanol–water partition coefficient (Wildman–Crippen LogP) is 1.87. The maximum absolute atomic E-state index is 12.6. The number of nitrogens with zero attached hydrogens (tertiary/aromatic N) is 3. The third-order valence-corrected chi connectivity index (χ3v) is 4.00. The van der Waals surface area contributed by atoms with E-state index in [1.54, 1.807) is 45.0 Å². The molecular formula is C17H20N4O6. The summed E-state index contributed by atoms with van der Waals surface area (Å²) in [5.41, 5.74) is -0.540. The van der Waals surface area contributed by atoms with Crippen LogP contribution in [0.25, 0.3) is 0 Å². The van der Waals surface area contributed by atoms with Gasteiger partial charge in [0.2, 0.25) is 5.91 Å². The van der Waals surface area contributed by atoms with Gasteiger partial charge in [-0.05, 0) is 38.5 Å². The number of hydrogen-bond donors (Lipinski definition) is 2. The molecule has 10 nitrogen and oxygen atoms in total. The molecule has 2 rings (SSSR count). The van der Waals surface area contributed by atoms with Gasteiger partial charge in [0.25, 0.3) is 0 Å². The normalized spacial score (nSPS) is 12.3. The molecule has 1 aromatic heterocycles. The first-order chi connectivity index (χ1) is 12.6. The topological polar surface area (TPSA) is 137 Å². The number of carbonyl (C=O) groups is 2. The number of rotatable bonds is 8. The van der Waals surface area contributed by atoms with Crippen molar-refractivity contribution >= 4 is 17.6 Å². The van der Waals surface area contributed by atoms with E-state index in [-0.39, 0.29) is 17.6 Å². The molecule has 0 fully saturated rings. The van der Waals surface area contributed by atoms with Gasteiger partial charge in [0.15, 0.2) is 6.61 Å². The fraction of sp³-hybridized carbons (Fsp3) is 0.353. The molecule has 0 saturated carbocycles. The smallest absolute Gasteiger partial charge is 0.341 e. The maximum Gasteiger partial charge on any atom is 0.341 e. The Morgan fingerprint density at radius 1 is 1.37 bits per heavy atom. The average Bonchev–Trinajstić information content (AvgIpc) is 3.11. The molecule has 10 heteroatoms. The zero-order chi connectivity index (χ0) is 20.2. The molecule has 1 atom stereocenters. The summed E-state index contributed by atoms with van der Waals surface area (Å²) in [6.07, 6.45) is 2.30.